The van der Waals surface area contributed by atoms with Crippen LogP contribution in [-0.4, -0.2) is 60.1 Å². The van der Waals surface area contributed by atoms with Crippen molar-refractivity contribution >= 4 is 44.5 Å². The number of H-pyrrole nitrogens is 1. The highest BCUT2D eigenvalue weighted by molar-refractivity contribution is 9.10. The van der Waals surface area contributed by atoms with Crippen molar-refractivity contribution in [2.24, 2.45) is 0 Å². The number of para-hydroxylation sites is 2. The van der Waals surface area contributed by atoms with E-state index in [1.54, 1.807) is 23.1 Å². The van der Waals surface area contributed by atoms with Gasteiger partial charge in [0.2, 0.25) is 5.91 Å². The molecule has 216 valence electrons. The van der Waals surface area contributed by atoms with Gasteiger partial charge in [0.25, 0.3) is 0 Å². The molecule has 0 saturated heterocycles. The lowest BCUT2D eigenvalue weighted by Crippen LogP contribution is -2.46. The van der Waals surface area contributed by atoms with Crippen LogP contribution in [0.25, 0.3) is 10.9 Å². The fourth-order valence-corrected chi connectivity index (χ4v) is 4.76. The number of carbonyl (C=O) groups excluding carboxylic acids is 2. The van der Waals surface area contributed by atoms with Crippen LogP contribution in [0.2, 0.25) is 0 Å². The molecule has 0 fully saturated rings. The second-order valence-corrected chi connectivity index (χ2v) is 10.3. The van der Waals surface area contributed by atoms with Crippen molar-refractivity contribution in [3.63, 3.8) is 0 Å². The molecule has 4 rings (SSSR count). The lowest BCUT2D eigenvalue weighted by Gasteiger charge is -2.28. The van der Waals surface area contributed by atoms with Crippen LogP contribution in [0.1, 0.15) is 16.7 Å². The van der Waals surface area contributed by atoms with Crippen molar-refractivity contribution in [3.05, 3.63) is 100 Å². The highest BCUT2D eigenvalue weighted by Gasteiger charge is 2.30. The fourth-order valence-electron chi connectivity index (χ4n) is 4.38. The third-order valence-electron chi connectivity index (χ3n) is 6.63. The van der Waals surface area contributed by atoms with Crippen molar-refractivity contribution in [3.8, 4) is 0 Å². The topological polar surface area (TPSA) is 77.7 Å². The molecule has 4 aromatic rings. The van der Waals surface area contributed by atoms with Crippen molar-refractivity contribution in [1.82, 2.24) is 14.8 Å². The number of fused-ring (bicyclic) bond motifs is 1. The van der Waals surface area contributed by atoms with Gasteiger partial charge in [-0.05, 0) is 63.8 Å². The Hall–Kier alpha value is -3.83. The van der Waals surface area contributed by atoms with Crippen molar-refractivity contribution < 1.29 is 27.5 Å². The molecule has 7 nitrogen and oxygen atoms in total. The minimum absolute atomic E-state index is 0.0866. The number of aromatic nitrogens is 1. The number of nitrogens with zero attached hydrogens (tertiary/aromatic N) is 2. The number of nitrogens with one attached hydrogen (secondary N) is 2. The summed E-state index contributed by atoms with van der Waals surface area (Å²) in [6.45, 7) is 0.517. The van der Waals surface area contributed by atoms with Gasteiger partial charge < -0.3 is 24.8 Å². The number of carbonyl (C=O) groups is 2. The summed E-state index contributed by atoms with van der Waals surface area (Å²) in [5, 5.41) is 3.84. The maximum Gasteiger partial charge on any atom is 0.416 e. The summed E-state index contributed by atoms with van der Waals surface area (Å²) in [4.78, 5) is 33.0. The highest BCUT2D eigenvalue weighted by atomic mass is 79.9. The van der Waals surface area contributed by atoms with Gasteiger partial charge in [-0.1, -0.05) is 42.5 Å². The number of anilines is 1. The lowest BCUT2D eigenvalue weighted by molar-refractivity contribution is -0.137. The van der Waals surface area contributed by atoms with E-state index in [0.29, 0.717) is 28.7 Å². The summed E-state index contributed by atoms with van der Waals surface area (Å²) in [5.74, 6) is -0.344. The Morgan fingerprint density at radius 3 is 2.37 bits per heavy atom. The summed E-state index contributed by atoms with van der Waals surface area (Å²) in [7, 11) is 1.50. The van der Waals surface area contributed by atoms with Crippen LogP contribution in [0.15, 0.2) is 83.5 Å². The number of urea groups is 1. The van der Waals surface area contributed by atoms with Crippen LogP contribution in [0.3, 0.4) is 0 Å². The van der Waals surface area contributed by atoms with Gasteiger partial charge in [0.1, 0.15) is 6.54 Å². The SMILES string of the molecule is COCCN(CC(=O)N(CCc1c[nH]c2ccccc12)Cc1ccc(C(F)(F)F)cc1)C(=O)Nc1ccccc1Br. The fraction of sp³-hybridized carbons (Fsp3) is 0.267. The molecular weight excluding hydrogens is 601 g/mol. The van der Waals surface area contributed by atoms with Crippen LogP contribution >= 0.6 is 15.9 Å². The number of alkyl halides is 3. The van der Waals surface area contributed by atoms with E-state index in [-0.39, 0.29) is 32.1 Å². The number of hydrogen-bond donors (Lipinski definition) is 2. The number of benzene rings is 3. The average Bonchev–Trinajstić information content (AvgIpc) is 3.37. The monoisotopic (exact) mass is 630 g/mol. The first-order chi connectivity index (χ1) is 19.7. The number of methoxy groups -OCH3 is 1. The Morgan fingerprint density at radius 2 is 1.66 bits per heavy atom. The van der Waals surface area contributed by atoms with E-state index < -0.39 is 17.8 Å². The van der Waals surface area contributed by atoms with E-state index in [1.807, 2.05) is 36.5 Å². The summed E-state index contributed by atoms with van der Waals surface area (Å²) in [5.41, 5.74) is 2.32. The Bertz CT molecular complexity index is 1470. The molecule has 41 heavy (non-hydrogen) atoms. The van der Waals surface area contributed by atoms with Crippen LogP contribution in [0.5, 0.6) is 0 Å². The summed E-state index contributed by atoms with van der Waals surface area (Å²) < 4.78 is 45.1. The second-order valence-electron chi connectivity index (χ2n) is 9.44. The molecule has 0 aliphatic carbocycles. The summed E-state index contributed by atoms with van der Waals surface area (Å²) in [6, 6.07) is 19.2. The predicted octanol–water partition coefficient (Wildman–Crippen LogP) is 6.70. The predicted molar refractivity (Wildman–Crippen MR) is 155 cm³/mol. The molecule has 1 heterocycles. The molecule has 0 aliphatic heterocycles. The summed E-state index contributed by atoms with van der Waals surface area (Å²) in [6.07, 6.45) is -2.05. The van der Waals surface area contributed by atoms with Crippen LogP contribution < -0.4 is 5.32 Å². The van der Waals surface area contributed by atoms with Gasteiger partial charge in [0.15, 0.2) is 0 Å². The smallest absolute Gasteiger partial charge is 0.383 e. The molecule has 3 aromatic carbocycles. The van der Waals surface area contributed by atoms with Gasteiger partial charge in [-0.15, -0.1) is 0 Å². The van der Waals surface area contributed by atoms with Crippen molar-refractivity contribution in [1.29, 1.82) is 0 Å². The van der Waals surface area contributed by atoms with Gasteiger partial charge in [0.05, 0.1) is 17.9 Å². The van der Waals surface area contributed by atoms with Gasteiger partial charge >= 0.3 is 12.2 Å². The Kier molecular flexibility index (Phi) is 10.1. The molecule has 0 saturated carbocycles. The third-order valence-corrected chi connectivity index (χ3v) is 7.32. The molecule has 3 amide bonds. The molecule has 1 aromatic heterocycles. The zero-order chi connectivity index (χ0) is 29.4. The maximum absolute atomic E-state index is 13.7. The molecule has 0 radical (unpaired) electrons. The number of rotatable bonds is 11. The van der Waals surface area contributed by atoms with E-state index in [0.717, 1.165) is 28.6 Å². The lowest BCUT2D eigenvalue weighted by atomic mass is 10.1. The Labute approximate surface area is 244 Å². The van der Waals surface area contributed by atoms with E-state index in [9.17, 15) is 22.8 Å². The summed E-state index contributed by atoms with van der Waals surface area (Å²) >= 11 is 3.41. The first kappa shape index (κ1) is 30.1. The molecule has 0 unspecified atom stereocenters. The Morgan fingerprint density at radius 1 is 0.951 bits per heavy atom. The quantitative estimate of drug-likeness (QED) is 0.194. The molecule has 0 bridgehead atoms. The minimum Gasteiger partial charge on any atom is -0.383 e. The van der Waals surface area contributed by atoms with E-state index in [2.05, 4.69) is 26.2 Å². The Balaban J connectivity index is 1.54. The molecule has 0 aliphatic rings. The van der Waals surface area contributed by atoms with Gasteiger partial charge in [-0.3, -0.25) is 4.79 Å². The number of aromatic amines is 1. The number of hydrogen-bond acceptors (Lipinski definition) is 3. The third kappa shape index (κ3) is 8.11. The van der Waals surface area contributed by atoms with E-state index in [4.69, 9.17) is 4.74 Å². The molecule has 2 N–H and O–H groups in total. The van der Waals surface area contributed by atoms with Crippen LogP contribution in [0, 0.1) is 0 Å². The first-order valence-corrected chi connectivity index (χ1v) is 13.7. The zero-order valence-corrected chi connectivity index (χ0v) is 24.0. The average molecular weight is 631 g/mol. The van der Waals surface area contributed by atoms with E-state index >= 15 is 0 Å². The maximum atomic E-state index is 13.7. The molecule has 0 spiro atoms. The molecule has 11 heteroatoms. The molecule has 0 atom stereocenters. The molecular formula is C30H30BrF3N4O3. The number of ether oxygens (including phenoxy) is 1. The standard InChI is InChI=1S/C30H30BrF3N4O3/c1-41-17-16-38(29(40)36-27-9-5-3-7-25(27)31)20-28(39)37(19-21-10-12-23(13-11-21)30(32,33)34)15-14-22-18-35-26-8-4-2-6-24(22)26/h2-13,18,35H,14-17,19-20H2,1H3,(H,36,40). The normalized spacial score (nSPS) is 11.4. The van der Waals surface area contributed by atoms with Gasteiger partial charge in [-0.25, -0.2) is 4.79 Å². The largest absolute Gasteiger partial charge is 0.416 e. The van der Waals surface area contributed by atoms with Gasteiger partial charge in [0, 0.05) is 48.3 Å². The minimum atomic E-state index is -4.45. The van der Waals surface area contributed by atoms with E-state index in [1.165, 1.54) is 24.1 Å². The number of halogens is 4. The zero-order valence-electron chi connectivity index (χ0n) is 22.4. The highest BCUT2D eigenvalue weighted by Crippen LogP contribution is 2.29. The van der Waals surface area contributed by atoms with Crippen LogP contribution in [0.4, 0.5) is 23.7 Å². The van der Waals surface area contributed by atoms with Gasteiger partial charge in [-0.2, -0.15) is 13.2 Å². The first-order valence-electron chi connectivity index (χ1n) is 12.9. The van der Waals surface area contributed by atoms with Crippen molar-refractivity contribution in [2.45, 2.75) is 19.1 Å². The second kappa shape index (κ2) is 13.7. The van der Waals surface area contributed by atoms with Crippen molar-refractivity contribution in [2.75, 3.05) is 38.7 Å². The van der Waals surface area contributed by atoms with Crippen LogP contribution in [-0.2, 0) is 28.7 Å². The number of amides is 3.